The van der Waals surface area contributed by atoms with Crippen LogP contribution in [0.25, 0.3) is 6.08 Å². The summed E-state index contributed by atoms with van der Waals surface area (Å²) >= 11 is 11.9. The van der Waals surface area contributed by atoms with Crippen molar-refractivity contribution < 1.29 is 9.53 Å². The van der Waals surface area contributed by atoms with Crippen LogP contribution in [-0.2, 0) is 16.1 Å². The van der Waals surface area contributed by atoms with Crippen molar-refractivity contribution in [3.63, 3.8) is 0 Å². The van der Waals surface area contributed by atoms with Crippen molar-refractivity contribution in [2.45, 2.75) is 6.54 Å². The van der Waals surface area contributed by atoms with E-state index in [1.807, 2.05) is 12.1 Å². The van der Waals surface area contributed by atoms with Crippen molar-refractivity contribution in [2.75, 3.05) is 31.2 Å². The molecule has 0 unspecified atom stereocenters. The Kier molecular flexibility index (Phi) is 6.56. The van der Waals surface area contributed by atoms with Crippen molar-refractivity contribution in [3.8, 4) is 0 Å². The third kappa shape index (κ3) is 5.24. The number of nitrogens with one attached hydrogen (secondary N) is 1. The molecular weight excluding hydrogens is 371 g/mol. The standard InChI is InChI=1S/C20H20Cl2N2O2/c21-17-5-3-16(19(22)13-17)4-8-20(25)23-14-15-1-6-18(7-2-15)24-9-11-26-12-10-24/h1-8,13H,9-12,14H2,(H,23,25)/b8-4+. The summed E-state index contributed by atoms with van der Waals surface area (Å²) in [5.74, 6) is -0.173. The van der Waals surface area contributed by atoms with Crippen LogP contribution in [0.1, 0.15) is 11.1 Å². The molecule has 1 fully saturated rings. The number of nitrogens with zero attached hydrogens (tertiary/aromatic N) is 1. The van der Waals surface area contributed by atoms with Gasteiger partial charge in [0.25, 0.3) is 0 Å². The van der Waals surface area contributed by atoms with E-state index in [0.717, 1.165) is 37.4 Å². The summed E-state index contributed by atoms with van der Waals surface area (Å²) in [6, 6.07) is 13.4. The highest BCUT2D eigenvalue weighted by atomic mass is 35.5. The number of benzene rings is 2. The van der Waals surface area contributed by atoms with Gasteiger partial charge >= 0.3 is 0 Å². The summed E-state index contributed by atoms with van der Waals surface area (Å²) in [5.41, 5.74) is 2.98. The number of ether oxygens (including phenoxy) is 1. The van der Waals surface area contributed by atoms with Crippen molar-refractivity contribution in [1.29, 1.82) is 0 Å². The number of anilines is 1. The Balaban J connectivity index is 1.51. The number of halogens is 2. The number of hydrogen-bond donors (Lipinski definition) is 1. The van der Waals surface area contributed by atoms with Crippen LogP contribution in [0.2, 0.25) is 10.0 Å². The summed E-state index contributed by atoms with van der Waals surface area (Å²) in [6.07, 6.45) is 3.15. The molecule has 0 bridgehead atoms. The first-order valence-corrected chi connectivity index (χ1v) is 9.20. The molecule has 26 heavy (non-hydrogen) atoms. The fourth-order valence-electron chi connectivity index (χ4n) is 2.70. The molecule has 1 saturated heterocycles. The van der Waals surface area contributed by atoms with Crippen LogP contribution in [0.4, 0.5) is 5.69 Å². The van der Waals surface area contributed by atoms with Crippen LogP contribution in [0, 0.1) is 0 Å². The lowest BCUT2D eigenvalue weighted by molar-refractivity contribution is -0.116. The molecule has 4 nitrogen and oxygen atoms in total. The fraction of sp³-hybridized carbons (Fsp3) is 0.250. The molecule has 0 saturated carbocycles. The first kappa shape index (κ1) is 18.8. The number of carbonyl (C=O) groups is 1. The Morgan fingerprint density at radius 3 is 2.54 bits per heavy atom. The van der Waals surface area contributed by atoms with Crippen LogP contribution >= 0.6 is 23.2 Å². The second-order valence-corrected chi connectivity index (χ2v) is 6.83. The normalized spacial score (nSPS) is 14.6. The zero-order valence-electron chi connectivity index (χ0n) is 14.3. The van der Waals surface area contributed by atoms with E-state index in [2.05, 4.69) is 22.3 Å². The molecule has 136 valence electrons. The highest BCUT2D eigenvalue weighted by Gasteiger charge is 2.10. The Morgan fingerprint density at radius 2 is 1.85 bits per heavy atom. The first-order valence-electron chi connectivity index (χ1n) is 8.44. The maximum Gasteiger partial charge on any atom is 0.244 e. The zero-order chi connectivity index (χ0) is 18.4. The summed E-state index contributed by atoms with van der Waals surface area (Å²) in [4.78, 5) is 14.3. The van der Waals surface area contributed by atoms with Crippen LogP contribution in [0.5, 0.6) is 0 Å². The number of rotatable bonds is 5. The largest absolute Gasteiger partial charge is 0.378 e. The van der Waals surface area contributed by atoms with Gasteiger partial charge in [-0.05, 0) is 41.5 Å². The molecule has 3 rings (SSSR count). The lowest BCUT2D eigenvalue weighted by Crippen LogP contribution is -2.36. The van der Waals surface area contributed by atoms with E-state index < -0.39 is 0 Å². The summed E-state index contributed by atoms with van der Waals surface area (Å²) in [6.45, 7) is 3.83. The lowest BCUT2D eigenvalue weighted by atomic mass is 10.2. The molecular formula is C20H20Cl2N2O2. The average Bonchev–Trinajstić information content (AvgIpc) is 2.67. The highest BCUT2D eigenvalue weighted by molar-refractivity contribution is 6.35. The third-order valence-corrected chi connectivity index (χ3v) is 4.72. The highest BCUT2D eigenvalue weighted by Crippen LogP contribution is 2.22. The topological polar surface area (TPSA) is 41.6 Å². The van der Waals surface area contributed by atoms with Gasteiger partial charge in [-0.15, -0.1) is 0 Å². The second kappa shape index (κ2) is 9.08. The molecule has 1 aliphatic rings. The van der Waals surface area contributed by atoms with Crippen LogP contribution in [-0.4, -0.2) is 32.2 Å². The first-order chi connectivity index (χ1) is 12.6. The summed E-state index contributed by atoms with van der Waals surface area (Å²) in [5, 5.41) is 3.95. The maximum atomic E-state index is 12.0. The van der Waals surface area contributed by atoms with E-state index in [4.69, 9.17) is 27.9 Å². The van der Waals surface area contributed by atoms with Gasteiger partial charge in [-0.2, -0.15) is 0 Å². The predicted molar refractivity (Wildman–Crippen MR) is 107 cm³/mol. The van der Waals surface area contributed by atoms with Gasteiger partial charge in [0, 0.05) is 41.4 Å². The minimum absolute atomic E-state index is 0.173. The summed E-state index contributed by atoms with van der Waals surface area (Å²) < 4.78 is 5.37. The van der Waals surface area contributed by atoms with Gasteiger partial charge < -0.3 is 15.0 Å². The van der Waals surface area contributed by atoms with Gasteiger partial charge in [0.1, 0.15) is 0 Å². The molecule has 0 radical (unpaired) electrons. The zero-order valence-corrected chi connectivity index (χ0v) is 15.8. The van der Waals surface area contributed by atoms with E-state index in [1.165, 1.54) is 11.8 Å². The van der Waals surface area contributed by atoms with E-state index >= 15 is 0 Å². The van der Waals surface area contributed by atoms with Gasteiger partial charge in [0.05, 0.1) is 13.2 Å². The van der Waals surface area contributed by atoms with Gasteiger partial charge in [0.15, 0.2) is 0 Å². The Hall–Kier alpha value is -2.01. The lowest BCUT2D eigenvalue weighted by Gasteiger charge is -2.28. The van der Waals surface area contributed by atoms with Gasteiger partial charge in [-0.3, -0.25) is 4.79 Å². The third-order valence-electron chi connectivity index (χ3n) is 4.16. The minimum atomic E-state index is -0.173. The molecule has 0 spiro atoms. The minimum Gasteiger partial charge on any atom is -0.378 e. The molecule has 0 aromatic heterocycles. The molecule has 1 amide bonds. The predicted octanol–water partition coefficient (Wildman–Crippen LogP) is 4.16. The van der Waals surface area contributed by atoms with E-state index in [-0.39, 0.29) is 5.91 Å². The van der Waals surface area contributed by atoms with E-state index in [1.54, 1.807) is 24.3 Å². The van der Waals surface area contributed by atoms with Gasteiger partial charge in [-0.1, -0.05) is 41.4 Å². The van der Waals surface area contributed by atoms with Crippen LogP contribution in [0.15, 0.2) is 48.5 Å². The number of morpholine rings is 1. The maximum absolute atomic E-state index is 12.0. The molecule has 2 aromatic rings. The molecule has 1 heterocycles. The van der Waals surface area contributed by atoms with E-state index in [9.17, 15) is 4.79 Å². The SMILES string of the molecule is O=C(/C=C/c1ccc(Cl)cc1Cl)NCc1ccc(N2CCOCC2)cc1. The smallest absolute Gasteiger partial charge is 0.244 e. The second-order valence-electron chi connectivity index (χ2n) is 5.98. The molecule has 1 aliphatic heterocycles. The van der Waals surface area contributed by atoms with Crippen molar-refractivity contribution in [3.05, 3.63) is 69.7 Å². The molecule has 1 N–H and O–H groups in total. The quantitative estimate of drug-likeness (QED) is 0.779. The molecule has 6 heteroatoms. The fourth-order valence-corrected chi connectivity index (χ4v) is 3.17. The Labute approximate surface area is 163 Å². The summed E-state index contributed by atoms with van der Waals surface area (Å²) in [7, 11) is 0. The Bertz CT molecular complexity index is 785. The Morgan fingerprint density at radius 1 is 1.12 bits per heavy atom. The van der Waals surface area contributed by atoms with Crippen LogP contribution in [0.3, 0.4) is 0 Å². The monoisotopic (exact) mass is 390 g/mol. The van der Waals surface area contributed by atoms with E-state index in [0.29, 0.717) is 16.6 Å². The van der Waals surface area contributed by atoms with Crippen LogP contribution < -0.4 is 10.2 Å². The molecule has 2 aromatic carbocycles. The van der Waals surface area contributed by atoms with Crippen molar-refractivity contribution >= 4 is 40.9 Å². The van der Waals surface area contributed by atoms with Crippen molar-refractivity contribution in [2.24, 2.45) is 0 Å². The molecule has 0 atom stereocenters. The van der Waals surface area contributed by atoms with Gasteiger partial charge in [0.2, 0.25) is 5.91 Å². The van der Waals surface area contributed by atoms with Crippen molar-refractivity contribution in [1.82, 2.24) is 5.32 Å². The number of hydrogen-bond acceptors (Lipinski definition) is 3. The number of amides is 1. The van der Waals surface area contributed by atoms with Gasteiger partial charge in [-0.25, -0.2) is 0 Å². The average molecular weight is 391 g/mol. The number of carbonyl (C=O) groups excluding carboxylic acids is 1. The molecule has 0 aliphatic carbocycles.